The van der Waals surface area contributed by atoms with Crippen molar-refractivity contribution in [2.45, 2.75) is 26.7 Å². The van der Waals surface area contributed by atoms with Crippen molar-refractivity contribution in [3.05, 3.63) is 18.7 Å². The largest absolute Gasteiger partial charge is 0.383 e. The highest BCUT2D eigenvalue weighted by Gasteiger charge is 2.17. The van der Waals surface area contributed by atoms with Gasteiger partial charge < -0.3 is 10.6 Å². The van der Waals surface area contributed by atoms with E-state index in [-0.39, 0.29) is 0 Å². The second-order valence-electron chi connectivity index (χ2n) is 4.43. The summed E-state index contributed by atoms with van der Waals surface area (Å²) in [5.74, 6) is 1.38. The average Bonchev–Trinajstić information content (AvgIpc) is 2.92. The van der Waals surface area contributed by atoms with E-state index in [0.717, 1.165) is 42.9 Å². The predicted molar refractivity (Wildman–Crippen MR) is 76.8 cm³/mol. The Hall–Kier alpha value is -2.11. The predicted octanol–water partition coefficient (Wildman–Crippen LogP) is 2.08. The van der Waals surface area contributed by atoms with Gasteiger partial charge in [0, 0.05) is 24.8 Å². The summed E-state index contributed by atoms with van der Waals surface area (Å²) in [5.41, 5.74) is 7.80. The van der Waals surface area contributed by atoms with Gasteiger partial charge in [-0.25, -0.2) is 9.97 Å². The topological polar surface area (TPSA) is 83.7 Å². The number of aromatic amines is 1. The Morgan fingerprint density at radius 1 is 1.21 bits per heavy atom. The van der Waals surface area contributed by atoms with Crippen molar-refractivity contribution >= 4 is 11.6 Å². The number of nitrogen functional groups attached to an aromatic ring is 1. The van der Waals surface area contributed by atoms with Gasteiger partial charge >= 0.3 is 0 Å². The van der Waals surface area contributed by atoms with Crippen LogP contribution in [-0.4, -0.2) is 33.3 Å². The van der Waals surface area contributed by atoms with Gasteiger partial charge in [0.1, 0.15) is 18.0 Å². The van der Waals surface area contributed by atoms with Crippen LogP contribution in [0.4, 0.5) is 11.6 Å². The molecule has 6 nitrogen and oxygen atoms in total. The van der Waals surface area contributed by atoms with Crippen molar-refractivity contribution in [1.29, 1.82) is 0 Å². The highest BCUT2D eigenvalue weighted by atomic mass is 15.2. The Kier molecular flexibility index (Phi) is 4.33. The molecule has 0 spiro atoms. The molecule has 2 rings (SSSR count). The number of hydrogen-bond acceptors (Lipinski definition) is 5. The van der Waals surface area contributed by atoms with E-state index >= 15 is 0 Å². The molecule has 6 heteroatoms. The van der Waals surface area contributed by atoms with E-state index in [0.29, 0.717) is 5.82 Å². The summed E-state index contributed by atoms with van der Waals surface area (Å²) in [6.07, 6.45) is 7.21. The van der Waals surface area contributed by atoms with Crippen LogP contribution in [0, 0.1) is 0 Å². The van der Waals surface area contributed by atoms with Gasteiger partial charge in [-0.2, -0.15) is 5.10 Å². The van der Waals surface area contributed by atoms with Crippen LogP contribution in [-0.2, 0) is 0 Å². The van der Waals surface area contributed by atoms with Gasteiger partial charge in [0.15, 0.2) is 0 Å². The molecule has 0 saturated heterocycles. The molecule has 0 saturated carbocycles. The van der Waals surface area contributed by atoms with Gasteiger partial charge in [0.25, 0.3) is 0 Å². The number of aromatic nitrogens is 4. The number of hydrogen-bond donors (Lipinski definition) is 2. The smallest absolute Gasteiger partial charge is 0.142 e. The minimum Gasteiger partial charge on any atom is -0.383 e. The summed E-state index contributed by atoms with van der Waals surface area (Å²) in [4.78, 5) is 10.8. The molecule has 0 aromatic carbocycles. The number of nitrogens with one attached hydrogen (secondary N) is 1. The molecule has 0 aliphatic heterocycles. The second kappa shape index (κ2) is 6.17. The minimum absolute atomic E-state index is 0.489. The average molecular weight is 260 g/mol. The van der Waals surface area contributed by atoms with Crippen LogP contribution < -0.4 is 10.6 Å². The molecule has 0 fully saturated rings. The SMILES string of the molecule is CCCN(CCC)c1ncnc(N)c1-c1cn[nH]c1. The van der Waals surface area contributed by atoms with E-state index in [1.165, 1.54) is 6.33 Å². The van der Waals surface area contributed by atoms with Crippen molar-refractivity contribution in [3.63, 3.8) is 0 Å². The van der Waals surface area contributed by atoms with Gasteiger partial charge in [-0.05, 0) is 12.8 Å². The van der Waals surface area contributed by atoms with Crippen LogP contribution in [0.1, 0.15) is 26.7 Å². The van der Waals surface area contributed by atoms with Crippen LogP contribution in [0.3, 0.4) is 0 Å². The molecular formula is C13H20N6. The number of nitrogens with two attached hydrogens (primary N) is 1. The van der Waals surface area contributed by atoms with Crippen LogP contribution in [0.15, 0.2) is 18.7 Å². The van der Waals surface area contributed by atoms with Crippen LogP contribution in [0.25, 0.3) is 11.1 Å². The lowest BCUT2D eigenvalue weighted by atomic mass is 10.1. The number of nitrogens with zero attached hydrogens (tertiary/aromatic N) is 4. The second-order valence-corrected chi connectivity index (χ2v) is 4.43. The standard InChI is InChI=1S/C13H20N6/c1-3-5-19(6-4-2)13-11(10-7-17-18-8-10)12(14)15-9-16-13/h7-9H,3-6H2,1-2H3,(H,17,18)(H2,14,15,16). The normalized spacial score (nSPS) is 10.6. The zero-order chi connectivity index (χ0) is 13.7. The fourth-order valence-corrected chi connectivity index (χ4v) is 2.16. The monoisotopic (exact) mass is 260 g/mol. The molecule has 3 N–H and O–H groups in total. The van der Waals surface area contributed by atoms with E-state index < -0.39 is 0 Å². The first kappa shape index (κ1) is 13.3. The van der Waals surface area contributed by atoms with Gasteiger partial charge in [-0.1, -0.05) is 13.8 Å². The van der Waals surface area contributed by atoms with Gasteiger partial charge in [0.2, 0.25) is 0 Å². The zero-order valence-electron chi connectivity index (χ0n) is 11.4. The summed E-state index contributed by atoms with van der Waals surface area (Å²) in [7, 11) is 0. The molecule has 0 radical (unpaired) electrons. The lowest BCUT2D eigenvalue weighted by Crippen LogP contribution is -2.27. The molecule has 0 aliphatic rings. The van der Waals surface area contributed by atoms with Gasteiger partial charge in [-0.3, -0.25) is 5.10 Å². The molecule has 0 bridgehead atoms. The van der Waals surface area contributed by atoms with Crippen molar-refractivity contribution in [3.8, 4) is 11.1 Å². The first-order chi connectivity index (χ1) is 9.27. The molecule has 0 atom stereocenters. The Morgan fingerprint density at radius 2 is 1.95 bits per heavy atom. The maximum atomic E-state index is 6.02. The molecule has 2 heterocycles. The fourth-order valence-electron chi connectivity index (χ4n) is 2.16. The first-order valence-electron chi connectivity index (χ1n) is 6.62. The number of anilines is 2. The Labute approximate surface area is 113 Å². The maximum absolute atomic E-state index is 6.02. The zero-order valence-corrected chi connectivity index (χ0v) is 11.4. The van der Waals surface area contributed by atoms with Crippen molar-refractivity contribution in [1.82, 2.24) is 20.2 Å². The van der Waals surface area contributed by atoms with E-state index in [4.69, 9.17) is 5.73 Å². The summed E-state index contributed by atoms with van der Waals surface area (Å²) in [6.45, 7) is 6.22. The summed E-state index contributed by atoms with van der Waals surface area (Å²) in [5, 5.41) is 6.78. The number of H-pyrrole nitrogens is 1. The molecular weight excluding hydrogens is 240 g/mol. The maximum Gasteiger partial charge on any atom is 0.142 e. The van der Waals surface area contributed by atoms with Crippen molar-refractivity contribution in [2.24, 2.45) is 0 Å². The van der Waals surface area contributed by atoms with Crippen LogP contribution >= 0.6 is 0 Å². The third-order valence-electron chi connectivity index (χ3n) is 2.93. The molecule has 102 valence electrons. The van der Waals surface area contributed by atoms with Crippen molar-refractivity contribution in [2.75, 3.05) is 23.7 Å². The van der Waals surface area contributed by atoms with Gasteiger partial charge in [0.05, 0.1) is 11.8 Å². The fraction of sp³-hybridized carbons (Fsp3) is 0.462. The molecule has 2 aromatic heterocycles. The molecule has 0 aliphatic carbocycles. The molecule has 0 unspecified atom stereocenters. The highest BCUT2D eigenvalue weighted by Crippen LogP contribution is 2.32. The van der Waals surface area contributed by atoms with Gasteiger partial charge in [-0.15, -0.1) is 0 Å². The van der Waals surface area contributed by atoms with Crippen LogP contribution in [0.5, 0.6) is 0 Å². The highest BCUT2D eigenvalue weighted by molar-refractivity contribution is 5.83. The Balaban J connectivity index is 2.47. The van der Waals surface area contributed by atoms with Crippen molar-refractivity contribution < 1.29 is 0 Å². The minimum atomic E-state index is 0.489. The first-order valence-corrected chi connectivity index (χ1v) is 6.62. The van der Waals surface area contributed by atoms with E-state index in [2.05, 4.69) is 38.9 Å². The Morgan fingerprint density at radius 3 is 2.53 bits per heavy atom. The molecule has 0 amide bonds. The summed E-state index contributed by atoms with van der Waals surface area (Å²) < 4.78 is 0. The molecule has 19 heavy (non-hydrogen) atoms. The van der Waals surface area contributed by atoms with E-state index in [9.17, 15) is 0 Å². The van der Waals surface area contributed by atoms with E-state index in [1.54, 1.807) is 6.20 Å². The third kappa shape index (κ3) is 2.83. The quantitative estimate of drug-likeness (QED) is 0.830. The molecule has 2 aromatic rings. The third-order valence-corrected chi connectivity index (χ3v) is 2.93. The summed E-state index contributed by atoms with van der Waals surface area (Å²) >= 11 is 0. The van der Waals surface area contributed by atoms with E-state index in [1.807, 2.05) is 6.20 Å². The number of rotatable bonds is 6. The Bertz CT molecular complexity index is 502. The summed E-state index contributed by atoms with van der Waals surface area (Å²) in [6, 6.07) is 0. The lowest BCUT2D eigenvalue weighted by Gasteiger charge is -2.25. The lowest BCUT2D eigenvalue weighted by molar-refractivity contribution is 0.734. The van der Waals surface area contributed by atoms with Crippen LogP contribution in [0.2, 0.25) is 0 Å².